The molecule has 20 heavy (non-hydrogen) atoms. The standard InChI is InChI=1S/C13H24BNO5/c1-4-20-13(17)9-15(12(16)7-14)8-11(2)10-19-6-5-18-3/h11H,4-10H2,1-3H3/t11-/m1/s1. The maximum Gasteiger partial charge on any atom is 0.325 e. The topological polar surface area (TPSA) is 65.1 Å². The monoisotopic (exact) mass is 285 g/mol. The van der Waals surface area contributed by atoms with Gasteiger partial charge in [0.05, 0.1) is 34.3 Å². The molecule has 0 N–H and O–H groups in total. The molecule has 0 saturated carbocycles. The van der Waals surface area contributed by atoms with Gasteiger partial charge >= 0.3 is 5.97 Å². The zero-order valence-corrected chi connectivity index (χ0v) is 12.6. The summed E-state index contributed by atoms with van der Waals surface area (Å²) in [5.41, 5.74) is 0. The number of hydrogen-bond donors (Lipinski definition) is 0. The summed E-state index contributed by atoms with van der Waals surface area (Å²) in [4.78, 5) is 24.6. The quantitative estimate of drug-likeness (QED) is 0.309. The van der Waals surface area contributed by atoms with Crippen LogP contribution in [-0.2, 0) is 23.8 Å². The zero-order chi connectivity index (χ0) is 15.4. The van der Waals surface area contributed by atoms with E-state index < -0.39 is 5.97 Å². The van der Waals surface area contributed by atoms with Crippen LogP contribution in [0.1, 0.15) is 13.8 Å². The zero-order valence-electron chi connectivity index (χ0n) is 12.6. The second-order valence-corrected chi connectivity index (χ2v) is 4.46. The fraction of sp³-hybridized carbons (Fsp3) is 0.846. The van der Waals surface area contributed by atoms with Crippen LogP contribution in [-0.4, -0.2) is 71.2 Å². The molecular formula is C13H24BNO5. The molecule has 1 atom stereocenters. The van der Waals surface area contributed by atoms with Crippen molar-refractivity contribution in [1.29, 1.82) is 0 Å². The molecule has 6 nitrogen and oxygen atoms in total. The van der Waals surface area contributed by atoms with E-state index in [0.29, 0.717) is 33.0 Å². The number of carbonyl (C=O) groups excluding carboxylic acids is 2. The molecule has 0 aliphatic rings. The Hall–Kier alpha value is -1.08. The van der Waals surface area contributed by atoms with Gasteiger partial charge in [0.15, 0.2) is 0 Å². The number of amides is 1. The highest BCUT2D eigenvalue weighted by Crippen LogP contribution is 2.04. The summed E-state index contributed by atoms with van der Waals surface area (Å²) in [6.45, 7) is 5.80. The van der Waals surface area contributed by atoms with E-state index in [1.54, 1.807) is 14.0 Å². The molecule has 0 aromatic rings. The third kappa shape index (κ3) is 8.93. The molecule has 0 bridgehead atoms. The molecule has 0 rings (SSSR count). The van der Waals surface area contributed by atoms with Crippen LogP contribution in [0.5, 0.6) is 0 Å². The van der Waals surface area contributed by atoms with Crippen LogP contribution in [0.25, 0.3) is 0 Å². The fourth-order valence-electron chi connectivity index (χ4n) is 1.60. The van der Waals surface area contributed by atoms with Crippen molar-refractivity contribution in [3.63, 3.8) is 0 Å². The van der Waals surface area contributed by atoms with Crippen molar-refractivity contribution in [2.45, 2.75) is 20.2 Å². The Bertz CT molecular complexity index is 288. The van der Waals surface area contributed by atoms with E-state index in [1.807, 2.05) is 6.92 Å². The Morgan fingerprint density at radius 3 is 2.55 bits per heavy atom. The van der Waals surface area contributed by atoms with Crippen LogP contribution < -0.4 is 0 Å². The maximum atomic E-state index is 11.7. The fourth-order valence-corrected chi connectivity index (χ4v) is 1.60. The molecule has 0 fully saturated rings. The van der Waals surface area contributed by atoms with Gasteiger partial charge in [0.25, 0.3) is 0 Å². The van der Waals surface area contributed by atoms with Gasteiger partial charge in [-0.1, -0.05) is 6.92 Å². The average Bonchev–Trinajstić information content (AvgIpc) is 2.42. The SMILES string of the molecule is [B]CC(=O)N(CC(=O)OCC)C[C@@H](C)COCCOC. The second kappa shape index (κ2) is 11.7. The van der Waals surface area contributed by atoms with Crippen LogP contribution in [0.4, 0.5) is 0 Å². The molecule has 0 heterocycles. The minimum Gasteiger partial charge on any atom is -0.465 e. The first-order valence-corrected chi connectivity index (χ1v) is 6.75. The van der Waals surface area contributed by atoms with Gasteiger partial charge in [-0.05, 0) is 19.2 Å². The van der Waals surface area contributed by atoms with Gasteiger partial charge in [-0.2, -0.15) is 0 Å². The summed E-state index contributed by atoms with van der Waals surface area (Å²) < 4.78 is 15.1. The van der Waals surface area contributed by atoms with Crippen molar-refractivity contribution in [2.24, 2.45) is 5.92 Å². The molecule has 0 aromatic heterocycles. The third-order valence-corrected chi connectivity index (χ3v) is 2.52. The van der Waals surface area contributed by atoms with Crippen molar-refractivity contribution >= 4 is 19.7 Å². The van der Waals surface area contributed by atoms with E-state index in [0.717, 1.165) is 0 Å². The lowest BCUT2D eigenvalue weighted by atomic mass is 10.0. The second-order valence-electron chi connectivity index (χ2n) is 4.46. The van der Waals surface area contributed by atoms with Gasteiger partial charge in [-0.15, -0.1) is 0 Å². The first-order chi connectivity index (χ1) is 9.54. The molecule has 0 aliphatic carbocycles. The Kier molecular flexibility index (Phi) is 11.1. The predicted octanol–water partition coefficient (Wildman–Crippen LogP) is 0.264. The highest BCUT2D eigenvalue weighted by atomic mass is 16.5. The Morgan fingerprint density at radius 1 is 1.30 bits per heavy atom. The van der Waals surface area contributed by atoms with Gasteiger partial charge in [-0.3, -0.25) is 9.59 Å². The summed E-state index contributed by atoms with van der Waals surface area (Å²) >= 11 is 0. The maximum absolute atomic E-state index is 11.7. The van der Waals surface area contributed by atoms with Crippen LogP contribution in [0, 0.1) is 5.92 Å². The Balaban J connectivity index is 4.20. The van der Waals surface area contributed by atoms with Crippen molar-refractivity contribution in [3.8, 4) is 0 Å². The number of carbonyl (C=O) groups is 2. The molecule has 2 radical (unpaired) electrons. The smallest absolute Gasteiger partial charge is 0.325 e. The van der Waals surface area contributed by atoms with Gasteiger partial charge in [-0.25, -0.2) is 0 Å². The van der Waals surface area contributed by atoms with E-state index in [2.05, 4.69) is 0 Å². The molecule has 0 saturated heterocycles. The van der Waals surface area contributed by atoms with E-state index in [1.165, 1.54) is 4.90 Å². The van der Waals surface area contributed by atoms with Gasteiger partial charge < -0.3 is 19.1 Å². The highest BCUT2D eigenvalue weighted by molar-refractivity contribution is 6.19. The first kappa shape index (κ1) is 18.9. The number of esters is 1. The summed E-state index contributed by atoms with van der Waals surface area (Å²) in [6.07, 6.45) is -0.128. The number of methoxy groups -OCH3 is 1. The minimum absolute atomic E-state index is 0.0771. The number of rotatable bonds is 11. The normalized spacial score (nSPS) is 11.9. The highest BCUT2D eigenvalue weighted by Gasteiger charge is 2.18. The molecule has 1 amide bonds. The summed E-state index contributed by atoms with van der Waals surface area (Å²) in [5, 5.41) is 0. The third-order valence-electron chi connectivity index (χ3n) is 2.52. The minimum atomic E-state index is -0.429. The van der Waals surface area contributed by atoms with Gasteiger partial charge in [0.2, 0.25) is 5.91 Å². The molecule has 114 valence electrons. The predicted molar refractivity (Wildman–Crippen MR) is 75.6 cm³/mol. The summed E-state index contributed by atoms with van der Waals surface area (Å²) in [5.74, 6) is -0.611. The van der Waals surface area contributed by atoms with Crippen molar-refractivity contribution in [2.75, 3.05) is 46.6 Å². The lowest BCUT2D eigenvalue weighted by Gasteiger charge is -2.24. The first-order valence-electron chi connectivity index (χ1n) is 6.75. The summed E-state index contributed by atoms with van der Waals surface area (Å²) in [6, 6.07) is 0. The summed E-state index contributed by atoms with van der Waals surface area (Å²) in [7, 11) is 6.95. The van der Waals surface area contributed by atoms with E-state index >= 15 is 0 Å². The number of hydrogen-bond acceptors (Lipinski definition) is 5. The van der Waals surface area contributed by atoms with E-state index in [4.69, 9.17) is 22.1 Å². The molecule has 0 unspecified atom stereocenters. The van der Waals surface area contributed by atoms with Crippen LogP contribution >= 0.6 is 0 Å². The van der Waals surface area contributed by atoms with Crippen LogP contribution in [0.3, 0.4) is 0 Å². The average molecular weight is 285 g/mol. The van der Waals surface area contributed by atoms with Crippen molar-refractivity contribution in [1.82, 2.24) is 4.90 Å². The number of nitrogens with zero attached hydrogens (tertiary/aromatic N) is 1. The lowest BCUT2D eigenvalue weighted by Crippen LogP contribution is -2.40. The van der Waals surface area contributed by atoms with Crippen molar-refractivity contribution in [3.05, 3.63) is 0 Å². The Morgan fingerprint density at radius 2 is 2.00 bits per heavy atom. The van der Waals surface area contributed by atoms with Gasteiger partial charge in [0.1, 0.15) is 6.54 Å². The number of ether oxygens (including phenoxy) is 3. The molecule has 0 aromatic carbocycles. The van der Waals surface area contributed by atoms with Crippen LogP contribution in [0.15, 0.2) is 0 Å². The van der Waals surface area contributed by atoms with Gasteiger partial charge in [0, 0.05) is 13.7 Å². The largest absolute Gasteiger partial charge is 0.465 e. The lowest BCUT2D eigenvalue weighted by molar-refractivity contribution is -0.148. The molecular weight excluding hydrogens is 261 g/mol. The van der Waals surface area contributed by atoms with E-state index in [9.17, 15) is 9.59 Å². The van der Waals surface area contributed by atoms with E-state index in [-0.39, 0.29) is 24.7 Å². The molecule has 0 aliphatic heterocycles. The Labute approximate surface area is 122 Å². The molecule has 7 heteroatoms. The van der Waals surface area contributed by atoms with Crippen LogP contribution in [0.2, 0.25) is 6.32 Å². The van der Waals surface area contributed by atoms with Crippen molar-refractivity contribution < 1.29 is 23.8 Å². The molecule has 0 spiro atoms.